The summed E-state index contributed by atoms with van der Waals surface area (Å²) in [5.74, 6) is -1.28. The van der Waals surface area contributed by atoms with Gasteiger partial charge in [-0.2, -0.15) is 5.26 Å². The Labute approximate surface area is 147 Å². The molecule has 0 aliphatic rings. The van der Waals surface area contributed by atoms with Crippen molar-refractivity contribution in [3.05, 3.63) is 60.2 Å². The first kappa shape index (κ1) is 18.2. The lowest BCUT2D eigenvalue weighted by Crippen LogP contribution is -2.45. The normalized spacial score (nSPS) is 12.5. The third kappa shape index (κ3) is 4.67. The third-order valence-electron chi connectivity index (χ3n) is 3.98. The average Bonchev–Trinajstić information content (AvgIpc) is 2.66. The van der Waals surface area contributed by atoms with Crippen molar-refractivity contribution in [3.63, 3.8) is 0 Å². The quantitative estimate of drug-likeness (QED) is 0.822. The van der Waals surface area contributed by atoms with Crippen LogP contribution in [0.3, 0.4) is 0 Å². The maximum atomic E-state index is 12.4. The number of hydrogen-bond donors (Lipinski definition) is 1. The van der Waals surface area contributed by atoms with Gasteiger partial charge in [0.15, 0.2) is 0 Å². The first-order chi connectivity index (χ1) is 12.1. The molecule has 0 unspecified atom stereocenters. The zero-order valence-corrected chi connectivity index (χ0v) is 14.2. The molecule has 25 heavy (non-hydrogen) atoms. The second kappa shape index (κ2) is 8.65. The van der Waals surface area contributed by atoms with Crippen LogP contribution in [0.4, 0.5) is 0 Å². The molecule has 2 rings (SSSR count). The average molecular weight is 336 g/mol. The van der Waals surface area contributed by atoms with Gasteiger partial charge in [0.25, 0.3) is 5.91 Å². The van der Waals surface area contributed by atoms with Gasteiger partial charge in [0, 0.05) is 17.9 Å². The van der Waals surface area contributed by atoms with E-state index in [2.05, 4.69) is 5.32 Å². The molecule has 5 heteroatoms. The lowest BCUT2D eigenvalue weighted by atomic mass is 9.98. The SMILES string of the molecule is COC(=O)[C@H](NC(=O)c1ccc(-c2ccccc2)cc1)[C@@H](C)CC#N. The Morgan fingerprint density at radius 3 is 2.24 bits per heavy atom. The Bertz CT molecular complexity index is 764. The number of nitrogens with one attached hydrogen (secondary N) is 1. The van der Waals surface area contributed by atoms with Gasteiger partial charge < -0.3 is 10.1 Å². The highest BCUT2D eigenvalue weighted by Gasteiger charge is 2.28. The summed E-state index contributed by atoms with van der Waals surface area (Å²) in [4.78, 5) is 24.3. The van der Waals surface area contributed by atoms with Gasteiger partial charge in [-0.15, -0.1) is 0 Å². The molecular formula is C20H20N2O3. The van der Waals surface area contributed by atoms with Crippen LogP contribution in [0.15, 0.2) is 54.6 Å². The molecule has 0 aliphatic heterocycles. The van der Waals surface area contributed by atoms with Gasteiger partial charge >= 0.3 is 5.97 Å². The largest absolute Gasteiger partial charge is 0.467 e. The molecule has 2 atom stereocenters. The number of carbonyl (C=O) groups is 2. The molecule has 0 aromatic heterocycles. The number of benzene rings is 2. The fourth-order valence-corrected chi connectivity index (χ4v) is 2.49. The molecule has 0 aliphatic carbocycles. The Morgan fingerprint density at radius 2 is 1.68 bits per heavy atom. The molecule has 0 radical (unpaired) electrons. The van der Waals surface area contributed by atoms with E-state index in [-0.39, 0.29) is 18.2 Å². The van der Waals surface area contributed by atoms with Gasteiger partial charge in [0.2, 0.25) is 0 Å². The van der Waals surface area contributed by atoms with Crippen LogP contribution in [0.5, 0.6) is 0 Å². The summed E-state index contributed by atoms with van der Waals surface area (Å²) in [6.07, 6.45) is 0.146. The molecule has 0 saturated carbocycles. The van der Waals surface area contributed by atoms with Gasteiger partial charge in [0.1, 0.15) is 6.04 Å². The number of amides is 1. The molecule has 1 N–H and O–H groups in total. The second-order valence-corrected chi connectivity index (χ2v) is 5.76. The summed E-state index contributed by atoms with van der Waals surface area (Å²) in [6, 6.07) is 18.1. The van der Waals surface area contributed by atoms with Crippen LogP contribution in [0.2, 0.25) is 0 Å². The number of carbonyl (C=O) groups excluding carboxylic acids is 2. The van der Waals surface area contributed by atoms with E-state index in [4.69, 9.17) is 10.00 Å². The van der Waals surface area contributed by atoms with Crippen molar-refractivity contribution >= 4 is 11.9 Å². The van der Waals surface area contributed by atoms with Crippen molar-refractivity contribution in [1.29, 1.82) is 5.26 Å². The molecule has 5 nitrogen and oxygen atoms in total. The molecule has 0 saturated heterocycles. The van der Waals surface area contributed by atoms with Crippen LogP contribution in [0, 0.1) is 17.2 Å². The van der Waals surface area contributed by atoms with E-state index in [9.17, 15) is 9.59 Å². The standard InChI is InChI=1S/C20H20N2O3/c1-14(12-13-21)18(20(24)25-2)22-19(23)17-10-8-16(9-11-17)15-6-4-3-5-7-15/h3-11,14,18H,12H2,1-2H3,(H,22,23)/t14-,18+/m0/s1. The number of nitrogens with zero attached hydrogens (tertiary/aromatic N) is 1. The molecule has 2 aromatic carbocycles. The van der Waals surface area contributed by atoms with Crippen LogP contribution in [0.1, 0.15) is 23.7 Å². The summed E-state index contributed by atoms with van der Waals surface area (Å²) in [6.45, 7) is 1.73. The van der Waals surface area contributed by atoms with E-state index in [1.54, 1.807) is 19.1 Å². The van der Waals surface area contributed by atoms with Crippen LogP contribution in [-0.4, -0.2) is 25.0 Å². The van der Waals surface area contributed by atoms with Gasteiger partial charge in [-0.05, 0) is 23.3 Å². The molecule has 0 fully saturated rings. The minimum Gasteiger partial charge on any atom is -0.467 e. The van der Waals surface area contributed by atoms with Crippen LogP contribution in [-0.2, 0) is 9.53 Å². The summed E-state index contributed by atoms with van der Waals surface area (Å²) >= 11 is 0. The van der Waals surface area contributed by atoms with Gasteiger partial charge in [-0.1, -0.05) is 49.4 Å². The molecule has 0 spiro atoms. The number of ether oxygens (including phenoxy) is 1. The smallest absolute Gasteiger partial charge is 0.328 e. The van der Waals surface area contributed by atoms with Gasteiger partial charge in [-0.25, -0.2) is 4.79 Å². The Kier molecular flexibility index (Phi) is 6.30. The minimum atomic E-state index is -0.856. The fraction of sp³-hybridized carbons (Fsp3) is 0.250. The number of nitriles is 1. The Morgan fingerprint density at radius 1 is 1.08 bits per heavy atom. The van der Waals surface area contributed by atoms with Crippen LogP contribution in [0.25, 0.3) is 11.1 Å². The zero-order chi connectivity index (χ0) is 18.2. The molecule has 1 amide bonds. The molecule has 0 bridgehead atoms. The van der Waals surface area contributed by atoms with E-state index >= 15 is 0 Å². The van der Waals surface area contributed by atoms with E-state index in [0.717, 1.165) is 11.1 Å². The first-order valence-electron chi connectivity index (χ1n) is 7.98. The third-order valence-corrected chi connectivity index (χ3v) is 3.98. The van der Waals surface area contributed by atoms with E-state index in [1.165, 1.54) is 7.11 Å². The Hall–Kier alpha value is -3.13. The highest BCUT2D eigenvalue weighted by molar-refractivity contribution is 5.97. The number of esters is 1. The molecular weight excluding hydrogens is 316 g/mol. The van der Waals surface area contributed by atoms with E-state index < -0.39 is 12.0 Å². The Balaban J connectivity index is 2.13. The molecule has 2 aromatic rings. The summed E-state index contributed by atoms with van der Waals surface area (Å²) in [7, 11) is 1.26. The molecule has 0 heterocycles. The van der Waals surface area contributed by atoms with Crippen molar-refractivity contribution in [2.75, 3.05) is 7.11 Å². The monoisotopic (exact) mass is 336 g/mol. The maximum Gasteiger partial charge on any atom is 0.328 e. The van der Waals surface area contributed by atoms with Gasteiger partial charge in [0.05, 0.1) is 13.2 Å². The highest BCUT2D eigenvalue weighted by atomic mass is 16.5. The maximum absolute atomic E-state index is 12.4. The summed E-state index contributed by atoms with van der Waals surface area (Å²) in [5, 5.41) is 11.5. The van der Waals surface area contributed by atoms with Crippen molar-refractivity contribution in [1.82, 2.24) is 5.32 Å². The van der Waals surface area contributed by atoms with Crippen molar-refractivity contribution in [2.24, 2.45) is 5.92 Å². The lowest BCUT2D eigenvalue weighted by Gasteiger charge is -2.21. The summed E-state index contributed by atoms with van der Waals surface area (Å²) in [5.41, 5.74) is 2.50. The van der Waals surface area contributed by atoms with E-state index in [1.807, 2.05) is 48.5 Å². The first-order valence-corrected chi connectivity index (χ1v) is 7.98. The molecule has 128 valence electrons. The van der Waals surface area contributed by atoms with E-state index in [0.29, 0.717) is 5.56 Å². The minimum absolute atomic E-state index is 0.146. The fourth-order valence-electron chi connectivity index (χ4n) is 2.49. The predicted molar refractivity (Wildman–Crippen MR) is 94.5 cm³/mol. The van der Waals surface area contributed by atoms with Crippen molar-refractivity contribution < 1.29 is 14.3 Å². The predicted octanol–water partition coefficient (Wildman–Crippen LogP) is 3.17. The van der Waals surface area contributed by atoms with Crippen molar-refractivity contribution in [3.8, 4) is 17.2 Å². The zero-order valence-electron chi connectivity index (χ0n) is 14.2. The van der Waals surface area contributed by atoms with Crippen LogP contribution < -0.4 is 5.32 Å². The number of rotatable bonds is 6. The highest BCUT2D eigenvalue weighted by Crippen LogP contribution is 2.19. The van der Waals surface area contributed by atoms with Crippen LogP contribution >= 0.6 is 0 Å². The number of hydrogen-bond acceptors (Lipinski definition) is 4. The van der Waals surface area contributed by atoms with Gasteiger partial charge in [-0.3, -0.25) is 4.79 Å². The summed E-state index contributed by atoms with van der Waals surface area (Å²) < 4.78 is 4.73. The van der Waals surface area contributed by atoms with Crippen molar-refractivity contribution in [2.45, 2.75) is 19.4 Å². The number of methoxy groups -OCH3 is 1. The second-order valence-electron chi connectivity index (χ2n) is 5.76. The topological polar surface area (TPSA) is 79.2 Å². The lowest BCUT2D eigenvalue weighted by molar-refractivity contribution is -0.144.